The van der Waals surface area contributed by atoms with E-state index in [1.54, 1.807) is 23.5 Å². The molecule has 0 unspecified atom stereocenters. The molecule has 0 aromatic heterocycles. The molecule has 0 spiro atoms. The Morgan fingerprint density at radius 3 is 2.31 bits per heavy atom. The fraction of sp³-hybridized carbons (Fsp3) is 0.222. The Kier molecular flexibility index (Phi) is 2.51. The smallest absolute Gasteiger partial charge is 0.305 e. The molecule has 0 aliphatic carbocycles. The molecule has 13 heavy (non-hydrogen) atoms. The molecule has 1 heterocycles. The maximum absolute atomic E-state index is 10.5. The molecule has 1 aromatic rings. The maximum atomic E-state index is 10.5. The molecule has 1 N–H and O–H groups in total. The van der Waals surface area contributed by atoms with Crippen molar-refractivity contribution in [1.29, 1.82) is 0 Å². The third kappa shape index (κ3) is 2.00. The zero-order valence-electron chi connectivity index (χ0n) is 6.77. The summed E-state index contributed by atoms with van der Waals surface area (Å²) < 4.78 is 0.148. The number of fused-ring (bicyclic) bond motifs is 1. The minimum Gasteiger partial charge on any atom is -0.481 e. The molecule has 0 saturated carbocycles. The van der Waals surface area contributed by atoms with Crippen molar-refractivity contribution in [3.8, 4) is 0 Å². The first-order valence-electron chi connectivity index (χ1n) is 3.90. The normalized spacial score (nSPS) is 15.7. The van der Waals surface area contributed by atoms with Crippen molar-refractivity contribution in [3.05, 3.63) is 24.3 Å². The van der Waals surface area contributed by atoms with Crippen LogP contribution in [0.5, 0.6) is 0 Å². The summed E-state index contributed by atoms with van der Waals surface area (Å²) >= 11 is 3.29. The van der Waals surface area contributed by atoms with Gasteiger partial charge in [0.1, 0.15) is 0 Å². The van der Waals surface area contributed by atoms with Crippen molar-refractivity contribution in [2.45, 2.75) is 20.8 Å². The van der Waals surface area contributed by atoms with Crippen LogP contribution in [0.3, 0.4) is 0 Å². The van der Waals surface area contributed by atoms with Crippen LogP contribution in [0.4, 0.5) is 0 Å². The predicted octanol–water partition coefficient (Wildman–Crippen LogP) is 2.69. The molecule has 1 aliphatic heterocycles. The second kappa shape index (κ2) is 3.64. The fourth-order valence-corrected chi connectivity index (χ4v) is 3.98. The van der Waals surface area contributed by atoms with E-state index in [1.807, 2.05) is 24.3 Å². The van der Waals surface area contributed by atoms with Gasteiger partial charge in [0.05, 0.1) is 11.0 Å². The van der Waals surface area contributed by atoms with E-state index in [9.17, 15) is 4.79 Å². The van der Waals surface area contributed by atoms with Gasteiger partial charge in [0.25, 0.3) is 0 Å². The number of thioether (sulfide) groups is 2. The molecule has 0 amide bonds. The van der Waals surface area contributed by atoms with Crippen LogP contribution in [0.15, 0.2) is 34.1 Å². The second-order valence-electron chi connectivity index (χ2n) is 2.71. The molecule has 4 heteroatoms. The van der Waals surface area contributed by atoms with Crippen LogP contribution in [0.1, 0.15) is 6.42 Å². The first kappa shape index (κ1) is 8.97. The minimum atomic E-state index is -0.724. The molecule has 1 aromatic carbocycles. The number of hydrogen-bond donors (Lipinski definition) is 1. The fourth-order valence-electron chi connectivity index (χ4n) is 1.18. The van der Waals surface area contributed by atoms with Gasteiger partial charge in [-0.1, -0.05) is 12.1 Å². The van der Waals surface area contributed by atoms with Crippen molar-refractivity contribution >= 4 is 29.5 Å². The minimum absolute atomic E-state index is 0.148. The van der Waals surface area contributed by atoms with Gasteiger partial charge >= 0.3 is 5.97 Å². The van der Waals surface area contributed by atoms with Crippen LogP contribution in [0.25, 0.3) is 0 Å². The topological polar surface area (TPSA) is 37.3 Å². The lowest BCUT2D eigenvalue weighted by atomic mass is 10.4. The zero-order valence-corrected chi connectivity index (χ0v) is 8.40. The Morgan fingerprint density at radius 2 is 1.85 bits per heavy atom. The summed E-state index contributed by atoms with van der Waals surface area (Å²) in [6, 6.07) is 8.04. The SMILES string of the molecule is O=C(O)CC1Sc2ccccc2S1. The summed E-state index contributed by atoms with van der Waals surface area (Å²) in [5, 5.41) is 8.63. The number of rotatable bonds is 2. The highest BCUT2D eigenvalue weighted by Crippen LogP contribution is 2.48. The number of aliphatic carboxylic acids is 1. The molecule has 0 saturated heterocycles. The molecule has 0 bridgehead atoms. The van der Waals surface area contributed by atoms with E-state index in [0.717, 1.165) is 0 Å². The molecular formula is C9H8O2S2. The summed E-state index contributed by atoms with van der Waals surface area (Å²) in [6.45, 7) is 0. The van der Waals surface area contributed by atoms with Gasteiger partial charge in [0, 0.05) is 9.79 Å². The van der Waals surface area contributed by atoms with Gasteiger partial charge in [-0.2, -0.15) is 0 Å². The quantitative estimate of drug-likeness (QED) is 0.817. The lowest BCUT2D eigenvalue weighted by Crippen LogP contribution is -2.02. The van der Waals surface area contributed by atoms with E-state index in [-0.39, 0.29) is 11.0 Å². The van der Waals surface area contributed by atoms with Gasteiger partial charge in [0.2, 0.25) is 0 Å². The molecule has 1 aliphatic rings. The third-order valence-electron chi connectivity index (χ3n) is 1.71. The largest absolute Gasteiger partial charge is 0.481 e. The lowest BCUT2D eigenvalue weighted by molar-refractivity contribution is -0.136. The Bertz CT molecular complexity index is 313. The zero-order chi connectivity index (χ0) is 9.26. The van der Waals surface area contributed by atoms with Gasteiger partial charge in [0.15, 0.2) is 0 Å². The van der Waals surface area contributed by atoms with E-state index >= 15 is 0 Å². The monoisotopic (exact) mass is 212 g/mol. The van der Waals surface area contributed by atoms with Crippen molar-refractivity contribution in [1.82, 2.24) is 0 Å². The van der Waals surface area contributed by atoms with Gasteiger partial charge in [-0.05, 0) is 12.1 Å². The molecule has 68 valence electrons. The average Bonchev–Trinajstić information content (AvgIpc) is 2.44. The summed E-state index contributed by atoms with van der Waals surface area (Å²) in [6.07, 6.45) is 0.226. The van der Waals surface area contributed by atoms with Crippen LogP contribution in [-0.4, -0.2) is 15.7 Å². The molecule has 0 fully saturated rings. The molecular weight excluding hydrogens is 204 g/mol. The lowest BCUT2D eigenvalue weighted by Gasteiger charge is -2.01. The third-order valence-corrected chi connectivity index (χ3v) is 4.49. The Morgan fingerprint density at radius 1 is 1.31 bits per heavy atom. The first-order chi connectivity index (χ1) is 6.25. The number of carboxylic acids is 1. The van der Waals surface area contributed by atoms with E-state index in [2.05, 4.69) is 0 Å². The number of carbonyl (C=O) groups is 1. The van der Waals surface area contributed by atoms with Crippen LogP contribution in [-0.2, 0) is 4.79 Å². The van der Waals surface area contributed by atoms with E-state index in [1.165, 1.54) is 9.79 Å². The summed E-state index contributed by atoms with van der Waals surface area (Å²) in [7, 11) is 0. The highest BCUT2D eigenvalue weighted by molar-refractivity contribution is 8.19. The van der Waals surface area contributed by atoms with Crippen molar-refractivity contribution in [2.24, 2.45) is 0 Å². The highest BCUT2D eigenvalue weighted by Gasteiger charge is 2.24. The van der Waals surface area contributed by atoms with Crippen LogP contribution in [0, 0.1) is 0 Å². The van der Waals surface area contributed by atoms with Crippen molar-refractivity contribution < 1.29 is 9.90 Å². The van der Waals surface area contributed by atoms with E-state index < -0.39 is 5.97 Å². The number of hydrogen-bond acceptors (Lipinski definition) is 3. The standard InChI is InChI=1S/C9H8O2S2/c10-8(11)5-9-12-6-3-1-2-4-7(6)13-9/h1-4,9H,5H2,(H,10,11). The van der Waals surface area contributed by atoms with Crippen LogP contribution >= 0.6 is 23.5 Å². The Labute approximate surface area is 84.7 Å². The average molecular weight is 212 g/mol. The maximum Gasteiger partial charge on any atom is 0.305 e. The van der Waals surface area contributed by atoms with Crippen LogP contribution in [0.2, 0.25) is 0 Å². The van der Waals surface area contributed by atoms with Gasteiger partial charge in [-0.25, -0.2) is 0 Å². The number of carboxylic acid groups (broad SMARTS) is 1. The summed E-state index contributed by atoms with van der Waals surface area (Å²) in [5.74, 6) is -0.724. The molecule has 0 radical (unpaired) electrons. The highest BCUT2D eigenvalue weighted by atomic mass is 32.2. The molecule has 0 atom stereocenters. The van der Waals surface area contributed by atoms with E-state index in [0.29, 0.717) is 0 Å². The van der Waals surface area contributed by atoms with Crippen molar-refractivity contribution in [2.75, 3.05) is 0 Å². The van der Waals surface area contributed by atoms with E-state index in [4.69, 9.17) is 5.11 Å². The van der Waals surface area contributed by atoms with Crippen LogP contribution < -0.4 is 0 Å². The Balaban J connectivity index is 2.09. The van der Waals surface area contributed by atoms with Gasteiger partial charge in [-0.15, -0.1) is 23.5 Å². The molecule has 2 rings (SSSR count). The van der Waals surface area contributed by atoms with Crippen molar-refractivity contribution in [3.63, 3.8) is 0 Å². The summed E-state index contributed by atoms with van der Waals surface area (Å²) in [4.78, 5) is 12.9. The Hall–Kier alpha value is -0.610. The molecule has 2 nitrogen and oxygen atoms in total. The first-order valence-corrected chi connectivity index (χ1v) is 5.66. The van der Waals surface area contributed by atoms with Gasteiger partial charge in [-0.3, -0.25) is 4.79 Å². The number of benzene rings is 1. The second-order valence-corrected chi connectivity index (χ2v) is 5.50. The predicted molar refractivity (Wildman–Crippen MR) is 54.2 cm³/mol. The summed E-state index contributed by atoms with van der Waals surface area (Å²) in [5.41, 5.74) is 0. The van der Waals surface area contributed by atoms with Gasteiger partial charge < -0.3 is 5.11 Å².